The lowest BCUT2D eigenvalue weighted by molar-refractivity contribution is 0.0473. The van der Waals surface area contributed by atoms with Crippen LogP contribution in [0.3, 0.4) is 0 Å². The van der Waals surface area contributed by atoms with Gasteiger partial charge in [0.25, 0.3) is 5.91 Å². The van der Waals surface area contributed by atoms with Gasteiger partial charge in [-0.1, -0.05) is 36.4 Å². The Bertz CT molecular complexity index is 866. The molecule has 29 heavy (non-hydrogen) atoms. The normalized spacial score (nSPS) is 27.0. The van der Waals surface area contributed by atoms with Gasteiger partial charge in [-0.25, -0.2) is 0 Å². The zero-order valence-corrected chi connectivity index (χ0v) is 16.9. The Balaban J connectivity index is 1.58. The van der Waals surface area contributed by atoms with Crippen LogP contribution in [0.15, 0.2) is 67.3 Å². The number of piperidine rings is 1. The van der Waals surface area contributed by atoms with Crippen molar-refractivity contribution in [3.63, 3.8) is 0 Å². The maximum absolute atomic E-state index is 12.7. The van der Waals surface area contributed by atoms with E-state index >= 15 is 0 Å². The second kappa shape index (κ2) is 8.42. The predicted molar refractivity (Wildman–Crippen MR) is 116 cm³/mol. The number of carbonyl (C=O) groups excluding carboxylic acids is 1. The molecule has 3 atom stereocenters. The summed E-state index contributed by atoms with van der Waals surface area (Å²) in [6, 6.07) is 17.3. The number of phenols is 1. The van der Waals surface area contributed by atoms with E-state index in [0.29, 0.717) is 17.2 Å². The van der Waals surface area contributed by atoms with Crippen molar-refractivity contribution in [3.8, 4) is 5.75 Å². The molecule has 2 N–H and O–H groups in total. The molecule has 4 heteroatoms. The molecular weight excluding hydrogens is 360 g/mol. The van der Waals surface area contributed by atoms with Gasteiger partial charge in [0.05, 0.1) is 0 Å². The summed E-state index contributed by atoms with van der Waals surface area (Å²) in [7, 11) is 0. The average molecular weight is 391 g/mol. The number of fused-ring (bicyclic) bond motifs is 1. The van der Waals surface area contributed by atoms with Gasteiger partial charge >= 0.3 is 0 Å². The molecule has 2 fully saturated rings. The number of rotatable bonds is 5. The van der Waals surface area contributed by atoms with Crippen LogP contribution in [0, 0.1) is 5.92 Å². The Morgan fingerprint density at radius 2 is 2.03 bits per heavy atom. The molecular formula is C25H30N2O2. The SMILES string of the molecule is C=CCN1CCC2(c3cccc(O)c3)C[C@@H](NC(=O)c3ccccc3)CCC2C1. The molecule has 1 amide bonds. The van der Waals surface area contributed by atoms with Crippen LogP contribution < -0.4 is 5.32 Å². The number of amides is 1. The van der Waals surface area contributed by atoms with Gasteiger partial charge in [0, 0.05) is 30.1 Å². The van der Waals surface area contributed by atoms with Gasteiger partial charge in [-0.3, -0.25) is 9.69 Å². The van der Waals surface area contributed by atoms with Gasteiger partial charge in [0.15, 0.2) is 0 Å². The second-order valence-electron chi connectivity index (χ2n) is 8.52. The lowest BCUT2D eigenvalue weighted by atomic mass is 9.58. The predicted octanol–water partition coefficient (Wildman–Crippen LogP) is 4.12. The molecule has 1 aliphatic heterocycles. The van der Waals surface area contributed by atoms with Crippen LogP contribution in [-0.4, -0.2) is 41.6 Å². The minimum Gasteiger partial charge on any atom is -0.508 e. The van der Waals surface area contributed by atoms with Crippen LogP contribution in [0.25, 0.3) is 0 Å². The Labute approximate surface area is 173 Å². The molecule has 2 aliphatic rings. The third kappa shape index (κ3) is 4.08. The quantitative estimate of drug-likeness (QED) is 0.755. The van der Waals surface area contributed by atoms with Crippen LogP contribution >= 0.6 is 0 Å². The first kappa shape index (κ1) is 19.7. The molecule has 0 aromatic heterocycles. The molecule has 1 heterocycles. The van der Waals surface area contributed by atoms with E-state index in [0.717, 1.165) is 45.3 Å². The monoisotopic (exact) mass is 390 g/mol. The Morgan fingerprint density at radius 1 is 1.21 bits per heavy atom. The van der Waals surface area contributed by atoms with Gasteiger partial charge in [-0.2, -0.15) is 0 Å². The number of nitrogens with zero attached hydrogens (tertiary/aromatic N) is 1. The lowest BCUT2D eigenvalue weighted by Crippen LogP contribution is -2.56. The number of phenolic OH excluding ortho intramolecular Hbond substituents is 1. The average Bonchev–Trinajstić information content (AvgIpc) is 2.74. The van der Waals surface area contributed by atoms with Crippen LogP contribution in [0.2, 0.25) is 0 Å². The number of benzene rings is 2. The van der Waals surface area contributed by atoms with E-state index < -0.39 is 0 Å². The molecule has 4 nitrogen and oxygen atoms in total. The van der Waals surface area contributed by atoms with Gasteiger partial charge in [0.1, 0.15) is 5.75 Å². The smallest absolute Gasteiger partial charge is 0.251 e. The Kier molecular flexibility index (Phi) is 5.72. The van der Waals surface area contributed by atoms with E-state index in [2.05, 4.69) is 22.9 Å². The Morgan fingerprint density at radius 3 is 2.79 bits per heavy atom. The molecule has 1 saturated carbocycles. The summed E-state index contributed by atoms with van der Waals surface area (Å²) in [5.41, 5.74) is 1.91. The first-order valence-electron chi connectivity index (χ1n) is 10.6. The fourth-order valence-electron chi connectivity index (χ4n) is 5.36. The van der Waals surface area contributed by atoms with E-state index in [9.17, 15) is 9.90 Å². The number of hydrogen-bond donors (Lipinski definition) is 2. The highest BCUT2D eigenvalue weighted by molar-refractivity contribution is 5.94. The van der Waals surface area contributed by atoms with Crippen molar-refractivity contribution in [1.82, 2.24) is 10.2 Å². The van der Waals surface area contributed by atoms with E-state index in [1.54, 1.807) is 6.07 Å². The highest BCUT2D eigenvalue weighted by Gasteiger charge is 2.48. The van der Waals surface area contributed by atoms with Crippen LogP contribution in [-0.2, 0) is 5.41 Å². The summed E-state index contributed by atoms with van der Waals surface area (Å²) in [5, 5.41) is 13.4. The van der Waals surface area contributed by atoms with Crippen molar-refractivity contribution in [2.45, 2.75) is 37.1 Å². The van der Waals surface area contributed by atoms with Crippen molar-refractivity contribution in [2.75, 3.05) is 19.6 Å². The highest BCUT2D eigenvalue weighted by atomic mass is 16.3. The summed E-state index contributed by atoms with van der Waals surface area (Å²) >= 11 is 0. The highest BCUT2D eigenvalue weighted by Crippen LogP contribution is 2.49. The largest absolute Gasteiger partial charge is 0.508 e. The van der Waals surface area contributed by atoms with Gasteiger partial charge < -0.3 is 10.4 Å². The first-order chi connectivity index (χ1) is 14.1. The fraction of sp³-hybridized carbons (Fsp3) is 0.400. The van der Waals surface area contributed by atoms with Crippen molar-refractivity contribution in [1.29, 1.82) is 0 Å². The maximum Gasteiger partial charge on any atom is 0.251 e. The van der Waals surface area contributed by atoms with Crippen LogP contribution in [0.4, 0.5) is 0 Å². The molecule has 2 aromatic carbocycles. The molecule has 0 radical (unpaired) electrons. The number of hydrogen-bond acceptors (Lipinski definition) is 3. The summed E-state index contributed by atoms with van der Waals surface area (Å²) in [6.45, 7) is 6.87. The summed E-state index contributed by atoms with van der Waals surface area (Å²) in [5.74, 6) is 0.840. The molecule has 1 saturated heterocycles. The van der Waals surface area contributed by atoms with E-state index in [-0.39, 0.29) is 17.4 Å². The third-order valence-electron chi connectivity index (χ3n) is 6.79. The van der Waals surface area contributed by atoms with Crippen molar-refractivity contribution >= 4 is 5.91 Å². The van der Waals surface area contributed by atoms with E-state index in [4.69, 9.17) is 0 Å². The number of likely N-dealkylation sites (tertiary alicyclic amines) is 1. The summed E-state index contributed by atoms with van der Waals surface area (Å²) in [4.78, 5) is 15.2. The summed E-state index contributed by atoms with van der Waals surface area (Å²) in [6.07, 6.45) is 6.00. The molecule has 2 unspecified atom stereocenters. The summed E-state index contributed by atoms with van der Waals surface area (Å²) < 4.78 is 0. The van der Waals surface area contributed by atoms with Crippen molar-refractivity contribution < 1.29 is 9.90 Å². The van der Waals surface area contributed by atoms with E-state index in [1.165, 1.54) is 5.56 Å². The number of aromatic hydroxyl groups is 1. The number of carbonyl (C=O) groups is 1. The zero-order chi connectivity index (χ0) is 20.3. The minimum absolute atomic E-state index is 0.00389. The lowest BCUT2D eigenvalue weighted by Gasteiger charge is -2.53. The zero-order valence-electron chi connectivity index (χ0n) is 16.9. The molecule has 0 spiro atoms. The van der Waals surface area contributed by atoms with Crippen molar-refractivity contribution in [2.24, 2.45) is 5.92 Å². The van der Waals surface area contributed by atoms with Crippen LogP contribution in [0.5, 0.6) is 5.75 Å². The third-order valence-corrected chi connectivity index (χ3v) is 6.79. The van der Waals surface area contributed by atoms with Crippen molar-refractivity contribution in [3.05, 3.63) is 78.4 Å². The molecule has 2 aromatic rings. The number of nitrogens with one attached hydrogen (secondary N) is 1. The molecule has 152 valence electrons. The molecule has 0 bridgehead atoms. The molecule has 1 aliphatic carbocycles. The van der Waals surface area contributed by atoms with Gasteiger partial charge in [-0.05, 0) is 68.0 Å². The second-order valence-corrected chi connectivity index (χ2v) is 8.52. The topological polar surface area (TPSA) is 52.6 Å². The van der Waals surface area contributed by atoms with Gasteiger partial charge in [0.2, 0.25) is 0 Å². The maximum atomic E-state index is 12.7. The first-order valence-corrected chi connectivity index (χ1v) is 10.6. The van der Waals surface area contributed by atoms with Crippen LogP contribution in [0.1, 0.15) is 41.6 Å². The standard InChI is InChI=1S/C25H30N2O2/c1-2-14-27-15-13-25(20-9-6-10-23(28)16-20)17-22(12-11-21(25)18-27)26-24(29)19-7-4-3-5-8-19/h2-10,16,21-22,28H,1,11-15,17-18H2,(H,26,29)/t21?,22-,25?/m0/s1. The Hall–Kier alpha value is -2.59. The fourth-order valence-corrected chi connectivity index (χ4v) is 5.36. The van der Waals surface area contributed by atoms with E-state index in [1.807, 2.05) is 48.5 Å². The minimum atomic E-state index is -0.0106. The van der Waals surface area contributed by atoms with Gasteiger partial charge in [-0.15, -0.1) is 6.58 Å². The molecule has 4 rings (SSSR count).